The second kappa shape index (κ2) is 5.09. The van der Waals surface area contributed by atoms with Crippen molar-refractivity contribution in [1.29, 1.82) is 0 Å². The lowest BCUT2D eigenvalue weighted by molar-refractivity contribution is 0.00578. The second-order valence-electron chi connectivity index (χ2n) is 6.61. The molecule has 0 aliphatic carbocycles. The van der Waals surface area contributed by atoms with E-state index in [1.807, 2.05) is 0 Å². The fourth-order valence-corrected chi connectivity index (χ4v) is 3.44. The van der Waals surface area contributed by atoms with E-state index < -0.39 is 0 Å². The summed E-state index contributed by atoms with van der Waals surface area (Å²) in [6.45, 7) is 9.93. The summed E-state index contributed by atoms with van der Waals surface area (Å²) in [5, 5.41) is 3.21. The zero-order valence-corrected chi connectivity index (χ0v) is 13.5. The van der Waals surface area contributed by atoms with Crippen LogP contribution < -0.4 is 5.59 Å². The van der Waals surface area contributed by atoms with Crippen LogP contribution in [0.25, 0.3) is 0 Å². The predicted molar refractivity (Wildman–Crippen MR) is 80.6 cm³/mol. The first-order valence-electron chi connectivity index (χ1n) is 7.28. The summed E-state index contributed by atoms with van der Waals surface area (Å²) in [7, 11) is -0.352. The lowest BCUT2D eigenvalue weighted by Crippen LogP contribution is -2.41. The van der Waals surface area contributed by atoms with Gasteiger partial charge in [-0.15, -0.1) is 11.3 Å². The molecule has 1 aromatic rings. The van der Waals surface area contributed by atoms with E-state index in [2.05, 4.69) is 33.1 Å². The van der Waals surface area contributed by atoms with Crippen LogP contribution in [0.2, 0.25) is 0 Å². The van der Waals surface area contributed by atoms with E-state index in [1.165, 1.54) is 0 Å². The van der Waals surface area contributed by atoms with Gasteiger partial charge in [-0.2, -0.15) is 0 Å². The monoisotopic (exact) mass is 295 g/mol. The van der Waals surface area contributed by atoms with Gasteiger partial charge in [-0.05, 0) is 40.5 Å². The van der Waals surface area contributed by atoms with Crippen molar-refractivity contribution in [2.45, 2.75) is 57.7 Å². The van der Waals surface area contributed by atoms with Crippen LogP contribution in [0.5, 0.6) is 0 Å². The summed E-state index contributed by atoms with van der Waals surface area (Å²) in [6, 6.07) is 0. The third-order valence-corrected chi connectivity index (χ3v) is 5.57. The molecular weight excluding hydrogens is 273 g/mol. The molecule has 3 rings (SSSR count). The van der Waals surface area contributed by atoms with Gasteiger partial charge in [0.05, 0.1) is 28.4 Å². The Hall–Kier alpha value is -0.425. The fraction of sp³-hybridized carbons (Fsp3) is 0.786. The smallest absolute Gasteiger partial charge is 0.398 e. The summed E-state index contributed by atoms with van der Waals surface area (Å²) >= 11 is 1.69. The molecule has 1 unspecified atom stereocenters. The minimum atomic E-state index is -0.352. The number of hydrogen-bond acceptors (Lipinski definition) is 5. The quantitative estimate of drug-likeness (QED) is 0.785. The van der Waals surface area contributed by atoms with Crippen LogP contribution in [0.3, 0.4) is 0 Å². The number of thiazole rings is 1. The Morgan fingerprint density at radius 3 is 2.55 bits per heavy atom. The van der Waals surface area contributed by atoms with Crippen LogP contribution in [0.4, 0.5) is 0 Å². The number of hydrogen-bond donors (Lipinski definition) is 0. The molecule has 1 atom stereocenters. The van der Waals surface area contributed by atoms with Crippen LogP contribution >= 0.6 is 11.3 Å². The molecule has 2 aliphatic heterocycles. The SMILES string of the molecule is CC1(C)OB(c2csc(C3CCCOC3)n2)OC1(C)C. The van der Waals surface area contributed by atoms with Gasteiger partial charge in [-0.3, -0.25) is 0 Å². The van der Waals surface area contributed by atoms with Crippen molar-refractivity contribution >= 4 is 24.0 Å². The topological polar surface area (TPSA) is 40.6 Å². The molecule has 0 bridgehead atoms. The van der Waals surface area contributed by atoms with E-state index in [1.54, 1.807) is 11.3 Å². The number of ether oxygens (including phenoxy) is 1. The van der Waals surface area contributed by atoms with Crippen molar-refractivity contribution in [3.05, 3.63) is 10.4 Å². The molecule has 4 nitrogen and oxygen atoms in total. The number of aromatic nitrogens is 1. The highest BCUT2D eigenvalue weighted by Gasteiger charge is 2.52. The molecule has 0 spiro atoms. The molecule has 3 heterocycles. The highest BCUT2D eigenvalue weighted by molar-refractivity contribution is 7.10. The van der Waals surface area contributed by atoms with Crippen LogP contribution in [0.15, 0.2) is 5.38 Å². The largest absolute Gasteiger partial charge is 0.515 e. The van der Waals surface area contributed by atoms with Crippen molar-refractivity contribution in [1.82, 2.24) is 4.98 Å². The Balaban J connectivity index is 1.74. The van der Waals surface area contributed by atoms with E-state index in [-0.39, 0.29) is 18.3 Å². The van der Waals surface area contributed by atoms with E-state index >= 15 is 0 Å². The first-order chi connectivity index (χ1) is 9.39. The van der Waals surface area contributed by atoms with E-state index in [9.17, 15) is 0 Å². The van der Waals surface area contributed by atoms with Crippen LogP contribution in [0, 0.1) is 0 Å². The molecular formula is C14H22BNO3S. The standard InChI is InChI=1S/C14H22BNO3S/c1-13(2)14(3,4)19-15(18-13)11-9-20-12(16-11)10-6-5-7-17-8-10/h9-10H,5-8H2,1-4H3. The first-order valence-corrected chi connectivity index (χ1v) is 8.16. The van der Waals surface area contributed by atoms with Gasteiger partial charge >= 0.3 is 7.12 Å². The average molecular weight is 295 g/mol. The summed E-state index contributed by atoms with van der Waals surface area (Å²) in [6.07, 6.45) is 2.28. The van der Waals surface area contributed by atoms with Crippen LogP contribution in [0.1, 0.15) is 51.5 Å². The van der Waals surface area contributed by atoms with Crippen LogP contribution in [-0.4, -0.2) is 36.5 Å². The maximum absolute atomic E-state index is 6.04. The third-order valence-electron chi connectivity index (χ3n) is 4.54. The highest BCUT2D eigenvalue weighted by Crippen LogP contribution is 2.36. The van der Waals surface area contributed by atoms with Gasteiger partial charge in [0.25, 0.3) is 0 Å². The minimum Gasteiger partial charge on any atom is -0.398 e. The molecule has 2 saturated heterocycles. The maximum atomic E-state index is 6.04. The van der Waals surface area contributed by atoms with Gasteiger partial charge in [-0.25, -0.2) is 4.98 Å². The van der Waals surface area contributed by atoms with E-state index in [0.29, 0.717) is 5.92 Å². The van der Waals surface area contributed by atoms with Crippen molar-refractivity contribution in [2.75, 3.05) is 13.2 Å². The third kappa shape index (κ3) is 2.54. The Bertz CT molecular complexity index is 467. The molecule has 6 heteroatoms. The molecule has 2 fully saturated rings. The van der Waals surface area contributed by atoms with Crippen molar-refractivity contribution in [2.24, 2.45) is 0 Å². The molecule has 0 N–H and O–H groups in total. The Morgan fingerprint density at radius 2 is 1.95 bits per heavy atom. The van der Waals surface area contributed by atoms with Gasteiger partial charge in [0.2, 0.25) is 0 Å². The maximum Gasteiger partial charge on any atom is 0.515 e. The molecule has 0 saturated carbocycles. The molecule has 20 heavy (non-hydrogen) atoms. The van der Waals surface area contributed by atoms with Gasteiger partial charge in [0.15, 0.2) is 0 Å². The molecule has 2 aliphatic rings. The lowest BCUT2D eigenvalue weighted by atomic mass is 9.86. The Kier molecular flexibility index (Phi) is 3.69. The average Bonchev–Trinajstić information content (AvgIpc) is 2.94. The molecule has 0 radical (unpaired) electrons. The van der Waals surface area contributed by atoms with E-state index in [0.717, 1.165) is 36.7 Å². The summed E-state index contributed by atoms with van der Waals surface area (Å²) < 4.78 is 17.6. The van der Waals surface area contributed by atoms with Crippen molar-refractivity contribution < 1.29 is 14.0 Å². The molecule has 0 amide bonds. The van der Waals surface area contributed by atoms with Crippen molar-refractivity contribution in [3.63, 3.8) is 0 Å². The molecule has 1 aromatic heterocycles. The van der Waals surface area contributed by atoms with E-state index in [4.69, 9.17) is 19.0 Å². The Morgan fingerprint density at radius 1 is 1.25 bits per heavy atom. The van der Waals surface area contributed by atoms with Crippen LogP contribution in [-0.2, 0) is 14.0 Å². The highest BCUT2D eigenvalue weighted by atomic mass is 32.1. The normalized spacial score (nSPS) is 28.8. The Labute approximate surface area is 125 Å². The fourth-order valence-electron chi connectivity index (χ4n) is 2.50. The number of nitrogens with zero attached hydrogens (tertiary/aromatic N) is 1. The summed E-state index contributed by atoms with van der Waals surface area (Å²) in [4.78, 5) is 4.74. The molecule has 0 aromatic carbocycles. The van der Waals surface area contributed by atoms with Gasteiger partial charge < -0.3 is 14.0 Å². The minimum absolute atomic E-state index is 0.310. The number of rotatable bonds is 2. The van der Waals surface area contributed by atoms with Gasteiger partial charge in [0.1, 0.15) is 0 Å². The zero-order valence-electron chi connectivity index (χ0n) is 12.6. The summed E-state index contributed by atoms with van der Waals surface area (Å²) in [5.41, 5.74) is 0.277. The van der Waals surface area contributed by atoms with Gasteiger partial charge in [0, 0.05) is 17.9 Å². The molecule has 110 valence electrons. The summed E-state index contributed by atoms with van der Waals surface area (Å²) in [5.74, 6) is 0.435. The lowest BCUT2D eigenvalue weighted by Gasteiger charge is -2.32. The second-order valence-corrected chi connectivity index (χ2v) is 7.50. The predicted octanol–water partition coefficient (Wildman–Crippen LogP) is 2.34. The van der Waals surface area contributed by atoms with Gasteiger partial charge in [-0.1, -0.05) is 0 Å². The zero-order chi connectivity index (χ0) is 14.4. The van der Waals surface area contributed by atoms with Crippen molar-refractivity contribution in [3.8, 4) is 0 Å². The first kappa shape index (κ1) is 14.5.